The van der Waals surface area contributed by atoms with E-state index in [1.165, 1.54) is 0 Å². The zero-order valence-corrected chi connectivity index (χ0v) is 11.0. The first kappa shape index (κ1) is 12.0. The molecule has 1 aliphatic carbocycles. The zero-order valence-electron chi connectivity index (χ0n) is 10.2. The molecule has 0 aromatic carbocycles. The van der Waals surface area contributed by atoms with Crippen molar-refractivity contribution in [2.75, 3.05) is 6.54 Å². The van der Waals surface area contributed by atoms with Gasteiger partial charge in [-0.3, -0.25) is 0 Å². The van der Waals surface area contributed by atoms with Crippen LogP contribution in [0.4, 0.5) is 4.79 Å². The number of carbonyl (C=O) groups excluding carboxylic acids is 1. The summed E-state index contributed by atoms with van der Waals surface area (Å²) < 4.78 is 5.41. The molecule has 1 aliphatic heterocycles. The molecule has 0 radical (unpaired) electrons. The van der Waals surface area contributed by atoms with Crippen LogP contribution in [0.2, 0.25) is 0 Å². The van der Waals surface area contributed by atoms with E-state index in [4.69, 9.17) is 16.3 Å². The minimum absolute atomic E-state index is 0.175. The lowest BCUT2D eigenvalue weighted by Crippen LogP contribution is -2.40. The summed E-state index contributed by atoms with van der Waals surface area (Å²) in [6.07, 6.45) is 2.88. The van der Waals surface area contributed by atoms with Crippen molar-refractivity contribution in [2.24, 2.45) is 5.92 Å². The summed E-state index contributed by atoms with van der Waals surface area (Å²) >= 11 is 6.17. The van der Waals surface area contributed by atoms with Gasteiger partial charge in [-0.05, 0) is 46.0 Å². The summed E-state index contributed by atoms with van der Waals surface area (Å²) in [7, 11) is 0. The average molecular weight is 246 g/mol. The Bertz CT molecular complexity index is 287. The van der Waals surface area contributed by atoms with Gasteiger partial charge in [0.2, 0.25) is 0 Å². The highest BCUT2D eigenvalue weighted by Gasteiger charge is 2.42. The summed E-state index contributed by atoms with van der Waals surface area (Å²) in [5.74, 6) is 0.578. The van der Waals surface area contributed by atoms with Crippen LogP contribution in [0, 0.1) is 5.92 Å². The Labute approximate surface area is 102 Å². The highest BCUT2D eigenvalue weighted by atomic mass is 35.5. The van der Waals surface area contributed by atoms with Crippen molar-refractivity contribution >= 4 is 17.7 Å². The van der Waals surface area contributed by atoms with Crippen LogP contribution in [0.15, 0.2) is 0 Å². The first-order valence-electron chi connectivity index (χ1n) is 5.99. The van der Waals surface area contributed by atoms with Crippen LogP contribution in [-0.4, -0.2) is 34.6 Å². The molecule has 1 heterocycles. The number of carbonyl (C=O) groups is 1. The third kappa shape index (κ3) is 2.62. The number of alkyl halides is 1. The van der Waals surface area contributed by atoms with Crippen molar-refractivity contribution in [3.63, 3.8) is 0 Å². The third-order valence-electron chi connectivity index (χ3n) is 3.25. The van der Waals surface area contributed by atoms with E-state index in [1.54, 1.807) is 0 Å². The Hall–Kier alpha value is -0.440. The van der Waals surface area contributed by atoms with Crippen LogP contribution in [0.3, 0.4) is 0 Å². The minimum Gasteiger partial charge on any atom is -0.444 e. The molecule has 92 valence electrons. The normalized spacial score (nSPS) is 34.0. The molecule has 3 nitrogen and oxygen atoms in total. The number of nitrogens with zero attached hydrogens (tertiary/aromatic N) is 1. The van der Waals surface area contributed by atoms with E-state index in [0.717, 1.165) is 25.8 Å². The van der Waals surface area contributed by atoms with Gasteiger partial charge in [-0.25, -0.2) is 4.79 Å². The summed E-state index contributed by atoms with van der Waals surface area (Å²) in [4.78, 5) is 13.8. The van der Waals surface area contributed by atoms with Crippen molar-refractivity contribution in [3.8, 4) is 0 Å². The van der Waals surface area contributed by atoms with Gasteiger partial charge in [-0.15, -0.1) is 11.6 Å². The average Bonchev–Trinajstić information content (AvgIpc) is 2.38. The fraction of sp³-hybridized carbons (Fsp3) is 0.917. The second-order valence-electron chi connectivity index (χ2n) is 5.96. The fourth-order valence-corrected chi connectivity index (χ4v) is 3.16. The molecule has 0 aromatic rings. The summed E-state index contributed by atoms with van der Waals surface area (Å²) in [6.45, 7) is 6.52. The SMILES string of the molecule is CC(C)(C)OC(=O)N1CC2CC(Cl)CC1C2. The summed E-state index contributed by atoms with van der Waals surface area (Å²) in [5, 5.41) is 0.233. The first-order chi connectivity index (χ1) is 7.35. The molecule has 1 saturated carbocycles. The van der Waals surface area contributed by atoms with E-state index in [0.29, 0.717) is 12.0 Å². The molecular weight excluding hydrogens is 226 g/mol. The molecule has 2 rings (SSSR count). The number of fused-ring (bicyclic) bond motifs is 2. The predicted molar refractivity (Wildman–Crippen MR) is 63.7 cm³/mol. The van der Waals surface area contributed by atoms with Crippen molar-refractivity contribution in [1.82, 2.24) is 4.90 Å². The summed E-state index contributed by atoms with van der Waals surface area (Å²) in [6, 6.07) is 0.302. The molecule has 16 heavy (non-hydrogen) atoms. The van der Waals surface area contributed by atoms with Crippen molar-refractivity contribution in [2.45, 2.75) is 57.1 Å². The molecule has 0 N–H and O–H groups in total. The number of amides is 1. The number of rotatable bonds is 0. The predicted octanol–water partition coefficient (Wildman–Crippen LogP) is 3.01. The maximum absolute atomic E-state index is 12.0. The molecule has 0 aromatic heterocycles. The Kier molecular flexibility index (Phi) is 3.08. The quantitative estimate of drug-likeness (QED) is 0.614. The second-order valence-corrected chi connectivity index (χ2v) is 6.57. The molecule has 1 saturated heterocycles. The second kappa shape index (κ2) is 4.10. The number of hydrogen-bond acceptors (Lipinski definition) is 2. The lowest BCUT2D eigenvalue weighted by atomic mass is 9.90. The Morgan fingerprint density at radius 3 is 2.62 bits per heavy atom. The van der Waals surface area contributed by atoms with Gasteiger partial charge in [0, 0.05) is 18.0 Å². The van der Waals surface area contributed by atoms with Crippen LogP contribution < -0.4 is 0 Å². The van der Waals surface area contributed by atoms with E-state index in [-0.39, 0.29) is 11.5 Å². The maximum atomic E-state index is 12.0. The molecule has 2 fully saturated rings. The van der Waals surface area contributed by atoms with Crippen LogP contribution >= 0.6 is 11.6 Å². The Morgan fingerprint density at radius 2 is 2.00 bits per heavy atom. The van der Waals surface area contributed by atoms with Gasteiger partial charge in [-0.2, -0.15) is 0 Å². The molecule has 2 aliphatic rings. The number of hydrogen-bond donors (Lipinski definition) is 0. The van der Waals surface area contributed by atoms with E-state index in [2.05, 4.69) is 0 Å². The maximum Gasteiger partial charge on any atom is 0.410 e. The van der Waals surface area contributed by atoms with Gasteiger partial charge in [-0.1, -0.05) is 0 Å². The summed E-state index contributed by atoms with van der Waals surface area (Å²) in [5.41, 5.74) is -0.409. The topological polar surface area (TPSA) is 29.5 Å². The Morgan fingerprint density at radius 1 is 1.31 bits per heavy atom. The molecule has 3 atom stereocenters. The van der Waals surface area contributed by atoms with E-state index in [9.17, 15) is 4.79 Å². The van der Waals surface area contributed by atoms with Crippen LogP contribution in [-0.2, 0) is 4.74 Å². The van der Waals surface area contributed by atoms with Crippen LogP contribution in [0.25, 0.3) is 0 Å². The van der Waals surface area contributed by atoms with Gasteiger partial charge < -0.3 is 9.64 Å². The molecule has 3 unspecified atom stereocenters. The number of halogens is 1. The van der Waals surface area contributed by atoms with Crippen molar-refractivity contribution < 1.29 is 9.53 Å². The van der Waals surface area contributed by atoms with Gasteiger partial charge in [0.1, 0.15) is 5.60 Å². The third-order valence-corrected chi connectivity index (χ3v) is 3.60. The van der Waals surface area contributed by atoms with Gasteiger partial charge in [0.25, 0.3) is 0 Å². The first-order valence-corrected chi connectivity index (χ1v) is 6.42. The monoisotopic (exact) mass is 245 g/mol. The van der Waals surface area contributed by atoms with E-state index in [1.807, 2.05) is 25.7 Å². The number of ether oxygens (including phenoxy) is 1. The van der Waals surface area contributed by atoms with Crippen LogP contribution in [0.1, 0.15) is 40.0 Å². The fourth-order valence-electron chi connectivity index (χ4n) is 2.71. The molecule has 4 heteroatoms. The number of likely N-dealkylation sites (tertiary alicyclic amines) is 1. The van der Waals surface area contributed by atoms with E-state index < -0.39 is 5.60 Å². The Balaban J connectivity index is 1.98. The van der Waals surface area contributed by atoms with Crippen molar-refractivity contribution in [3.05, 3.63) is 0 Å². The van der Waals surface area contributed by atoms with Gasteiger partial charge in [0.05, 0.1) is 0 Å². The molecular formula is C12H20ClNO2. The van der Waals surface area contributed by atoms with E-state index >= 15 is 0 Å². The largest absolute Gasteiger partial charge is 0.444 e. The standard InChI is InChI=1S/C12H20ClNO2/c1-12(2,3)16-11(15)14-7-8-4-9(13)6-10(14)5-8/h8-10H,4-7H2,1-3H3. The lowest BCUT2D eigenvalue weighted by Gasteiger charge is -2.29. The van der Waals surface area contributed by atoms with Crippen LogP contribution in [0.5, 0.6) is 0 Å². The molecule has 2 bridgehead atoms. The highest BCUT2D eigenvalue weighted by molar-refractivity contribution is 6.20. The van der Waals surface area contributed by atoms with Gasteiger partial charge in [0.15, 0.2) is 0 Å². The molecule has 1 amide bonds. The zero-order chi connectivity index (χ0) is 11.9. The molecule has 0 spiro atoms. The highest BCUT2D eigenvalue weighted by Crippen LogP contribution is 2.38. The smallest absolute Gasteiger partial charge is 0.410 e. The minimum atomic E-state index is -0.409. The van der Waals surface area contributed by atoms with Gasteiger partial charge >= 0.3 is 6.09 Å². The lowest BCUT2D eigenvalue weighted by molar-refractivity contribution is 0.0224. The van der Waals surface area contributed by atoms with Crippen molar-refractivity contribution in [1.29, 1.82) is 0 Å².